The molecule has 1 saturated heterocycles. The highest BCUT2D eigenvalue weighted by molar-refractivity contribution is 6.31. The predicted molar refractivity (Wildman–Crippen MR) is 133 cm³/mol. The minimum absolute atomic E-state index is 0.0553. The van der Waals surface area contributed by atoms with E-state index in [1.165, 1.54) is 0 Å². The molecule has 0 bridgehead atoms. The van der Waals surface area contributed by atoms with Crippen LogP contribution in [0.25, 0.3) is 17.1 Å². The summed E-state index contributed by atoms with van der Waals surface area (Å²) in [5.74, 6) is 0.727. The number of benzene rings is 1. The molecule has 0 atom stereocenters. The molecule has 5 rings (SSSR count). The van der Waals surface area contributed by atoms with Crippen molar-refractivity contribution in [3.05, 3.63) is 69.1 Å². The Labute approximate surface area is 212 Å². The molecule has 0 aliphatic carbocycles. The lowest BCUT2D eigenvalue weighted by Gasteiger charge is -2.33. The Hall–Kier alpha value is -3.66. The van der Waals surface area contributed by atoms with Crippen LogP contribution in [0.3, 0.4) is 0 Å². The Balaban J connectivity index is 1.37. The Morgan fingerprint density at radius 1 is 1.22 bits per heavy atom. The molecule has 11 heteroatoms. The van der Waals surface area contributed by atoms with Gasteiger partial charge in [-0.15, -0.1) is 10.2 Å². The number of likely N-dealkylation sites (tertiary alicyclic amines) is 1. The number of halogens is 1. The molecule has 0 unspecified atom stereocenters. The monoisotopic (exact) mass is 510 g/mol. The third-order valence-electron chi connectivity index (χ3n) is 6.10. The van der Waals surface area contributed by atoms with Crippen LogP contribution in [0.5, 0.6) is 0 Å². The fourth-order valence-electron chi connectivity index (χ4n) is 4.38. The Morgan fingerprint density at radius 2 is 1.97 bits per heavy atom. The summed E-state index contributed by atoms with van der Waals surface area (Å²) in [4.78, 5) is 29.6. The fraction of sp³-hybridized carbons (Fsp3) is 0.400. The molecule has 1 aliphatic heterocycles. The van der Waals surface area contributed by atoms with E-state index in [4.69, 9.17) is 20.8 Å². The van der Waals surface area contributed by atoms with E-state index in [0.29, 0.717) is 54.5 Å². The third kappa shape index (κ3) is 4.99. The SMILES string of the molecule is CC(C)(C)OC(=O)N1CCC(c2cc(=O)[nH]c3c(-c4nnc(Cc5ccccc5Cl)o4)cnn23)CC1. The van der Waals surface area contributed by atoms with E-state index >= 15 is 0 Å². The van der Waals surface area contributed by atoms with Crippen LogP contribution in [0.15, 0.2) is 45.7 Å². The van der Waals surface area contributed by atoms with E-state index in [2.05, 4.69) is 20.3 Å². The number of aromatic nitrogens is 5. The van der Waals surface area contributed by atoms with Gasteiger partial charge in [0.25, 0.3) is 11.4 Å². The quantitative estimate of drug-likeness (QED) is 0.431. The van der Waals surface area contributed by atoms with Crippen LogP contribution in [-0.4, -0.2) is 54.5 Å². The molecular formula is C25H27ClN6O4. The molecular weight excluding hydrogens is 484 g/mol. The van der Waals surface area contributed by atoms with E-state index in [1.54, 1.807) is 21.7 Å². The third-order valence-corrected chi connectivity index (χ3v) is 6.46. The maximum absolute atomic E-state index is 12.6. The number of carbonyl (C=O) groups excluding carboxylic acids is 1. The summed E-state index contributed by atoms with van der Waals surface area (Å²) < 4.78 is 13.1. The largest absolute Gasteiger partial charge is 0.444 e. The zero-order chi connectivity index (χ0) is 25.4. The Morgan fingerprint density at radius 3 is 2.69 bits per heavy atom. The minimum atomic E-state index is -0.541. The topological polar surface area (TPSA) is 119 Å². The lowest BCUT2D eigenvalue weighted by molar-refractivity contribution is 0.0203. The lowest BCUT2D eigenvalue weighted by atomic mass is 9.93. The van der Waals surface area contributed by atoms with Crippen LogP contribution in [0, 0.1) is 0 Å². The van der Waals surface area contributed by atoms with Crippen molar-refractivity contribution in [3.8, 4) is 11.5 Å². The molecule has 1 fully saturated rings. The molecule has 4 heterocycles. The molecule has 1 N–H and O–H groups in total. The molecule has 0 spiro atoms. The summed E-state index contributed by atoms with van der Waals surface area (Å²) in [6.45, 7) is 6.63. The zero-order valence-electron chi connectivity index (χ0n) is 20.3. The Bertz CT molecular complexity index is 1460. The van der Waals surface area contributed by atoms with Crippen molar-refractivity contribution in [3.63, 3.8) is 0 Å². The highest BCUT2D eigenvalue weighted by Gasteiger charge is 2.29. The van der Waals surface area contributed by atoms with Crippen LogP contribution < -0.4 is 5.56 Å². The molecule has 1 amide bonds. The standard InChI is InChI=1S/C25H27ClN6O4/c1-25(2,3)36-24(34)31-10-8-15(9-11-31)19-13-20(33)28-22-17(14-27-32(19)22)23-30-29-21(35-23)12-16-6-4-5-7-18(16)26/h4-7,13-15H,8-12H2,1-3H3,(H,28,33). The van der Waals surface area contributed by atoms with Crippen molar-refractivity contribution < 1.29 is 13.9 Å². The number of H-pyrrole nitrogens is 1. The van der Waals surface area contributed by atoms with Gasteiger partial charge in [-0.05, 0) is 45.2 Å². The van der Waals surface area contributed by atoms with Gasteiger partial charge >= 0.3 is 6.09 Å². The van der Waals surface area contributed by atoms with Gasteiger partial charge in [0.05, 0.1) is 18.3 Å². The number of aromatic amines is 1. The number of nitrogens with zero attached hydrogens (tertiary/aromatic N) is 5. The van der Waals surface area contributed by atoms with Gasteiger partial charge < -0.3 is 19.0 Å². The summed E-state index contributed by atoms with van der Waals surface area (Å²) in [5.41, 5.74) is 1.89. The number of fused-ring (bicyclic) bond motifs is 1. The molecule has 3 aromatic heterocycles. The van der Waals surface area contributed by atoms with Crippen molar-refractivity contribution in [1.29, 1.82) is 0 Å². The second-order valence-corrected chi connectivity index (χ2v) is 10.3. The van der Waals surface area contributed by atoms with E-state index in [9.17, 15) is 9.59 Å². The smallest absolute Gasteiger partial charge is 0.410 e. The molecule has 188 valence electrons. The van der Waals surface area contributed by atoms with Gasteiger partial charge in [0.1, 0.15) is 16.8 Å². The Kier molecular flexibility index (Phi) is 6.29. The van der Waals surface area contributed by atoms with Gasteiger partial charge in [-0.3, -0.25) is 4.79 Å². The second-order valence-electron chi connectivity index (χ2n) is 9.89. The van der Waals surface area contributed by atoms with Crippen LogP contribution in [0.1, 0.15) is 56.7 Å². The lowest BCUT2D eigenvalue weighted by Crippen LogP contribution is -2.41. The van der Waals surface area contributed by atoms with Crippen LogP contribution in [-0.2, 0) is 11.2 Å². The average Bonchev–Trinajstić information content (AvgIpc) is 3.46. The first kappa shape index (κ1) is 24.1. The van der Waals surface area contributed by atoms with Gasteiger partial charge in [-0.2, -0.15) is 5.10 Å². The fourth-order valence-corrected chi connectivity index (χ4v) is 4.59. The number of rotatable bonds is 4. The maximum Gasteiger partial charge on any atom is 0.410 e. The van der Waals surface area contributed by atoms with E-state index in [-0.39, 0.29) is 23.5 Å². The summed E-state index contributed by atoms with van der Waals surface area (Å²) in [7, 11) is 0. The summed E-state index contributed by atoms with van der Waals surface area (Å²) in [6.07, 6.45) is 3.06. The molecule has 36 heavy (non-hydrogen) atoms. The highest BCUT2D eigenvalue weighted by Crippen LogP contribution is 2.30. The molecule has 1 aromatic carbocycles. The van der Waals surface area contributed by atoms with Crippen LogP contribution in [0.2, 0.25) is 5.02 Å². The number of amides is 1. The van der Waals surface area contributed by atoms with E-state index in [1.807, 2.05) is 45.0 Å². The first-order valence-corrected chi connectivity index (χ1v) is 12.2. The number of hydrogen-bond acceptors (Lipinski definition) is 7. The molecule has 10 nitrogen and oxygen atoms in total. The summed E-state index contributed by atoms with van der Waals surface area (Å²) in [5, 5.41) is 13.5. The molecule has 4 aromatic rings. The van der Waals surface area contributed by atoms with Crippen LogP contribution >= 0.6 is 11.6 Å². The molecule has 1 aliphatic rings. The van der Waals surface area contributed by atoms with Gasteiger partial charge in [-0.1, -0.05) is 29.8 Å². The number of carbonyl (C=O) groups is 1. The van der Waals surface area contributed by atoms with Crippen molar-refractivity contribution in [2.75, 3.05) is 13.1 Å². The van der Waals surface area contributed by atoms with Crippen molar-refractivity contribution in [2.24, 2.45) is 0 Å². The zero-order valence-corrected chi connectivity index (χ0v) is 21.1. The number of piperidine rings is 1. The van der Waals surface area contributed by atoms with E-state index in [0.717, 1.165) is 11.3 Å². The summed E-state index contributed by atoms with van der Waals surface area (Å²) >= 11 is 6.25. The second kappa shape index (κ2) is 9.42. The van der Waals surface area contributed by atoms with Crippen molar-refractivity contribution in [2.45, 2.75) is 51.6 Å². The number of hydrogen-bond donors (Lipinski definition) is 1. The molecule has 0 saturated carbocycles. The van der Waals surface area contributed by atoms with Crippen molar-refractivity contribution >= 4 is 23.3 Å². The normalized spacial score (nSPS) is 14.9. The number of ether oxygens (including phenoxy) is 1. The summed E-state index contributed by atoms with van der Waals surface area (Å²) in [6, 6.07) is 9.03. The van der Waals surface area contributed by atoms with Gasteiger partial charge in [-0.25, -0.2) is 9.31 Å². The highest BCUT2D eigenvalue weighted by atomic mass is 35.5. The first-order chi connectivity index (χ1) is 17.2. The van der Waals surface area contributed by atoms with Gasteiger partial charge in [0, 0.05) is 30.1 Å². The van der Waals surface area contributed by atoms with Gasteiger partial charge in [0.2, 0.25) is 5.89 Å². The average molecular weight is 511 g/mol. The number of nitrogens with one attached hydrogen (secondary N) is 1. The maximum atomic E-state index is 12.6. The molecule has 0 radical (unpaired) electrons. The predicted octanol–water partition coefficient (Wildman–Crippen LogP) is 4.43. The first-order valence-electron chi connectivity index (χ1n) is 11.8. The van der Waals surface area contributed by atoms with E-state index < -0.39 is 5.60 Å². The van der Waals surface area contributed by atoms with Crippen LogP contribution in [0.4, 0.5) is 4.79 Å². The minimum Gasteiger partial charge on any atom is -0.444 e. The van der Waals surface area contributed by atoms with Crippen molar-refractivity contribution in [1.82, 2.24) is 29.7 Å². The van der Waals surface area contributed by atoms with Gasteiger partial charge in [0.15, 0.2) is 0 Å².